The molecule has 1 N–H and O–H groups in total. The summed E-state index contributed by atoms with van der Waals surface area (Å²) in [6.45, 7) is 0.470. The third-order valence-electron chi connectivity index (χ3n) is 3.61. The molecule has 1 amide bonds. The van der Waals surface area contributed by atoms with Crippen LogP contribution >= 0.6 is 0 Å². The van der Waals surface area contributed by atoms with Crippen molar-refractivity contribution in [1.82, 2.24) is 9.55 Å². The molecule has 3 rings (SSSR count). The predicted octanol–water partition coefficient (Wildman–Crippen LogP) is 2.69. The fourth-order valence-corrected chi connectivity index (χ4v) is 2.51. The molecule has 0 atom stereocenters. The number of fused-ring (bicyclic) bond motifs is 1. The summed E-state index contributed by atoms with van der Waals surface area (Å²) >= 11 is 0. The zero-order valence-electron chi connectivity index (χ0n) is 13.2. The number of amides is 1. The number of hydrogen-bond acceptors (Lipinski definition) is 4. The molecule has 2 aromatic carbocycles. The van der Waals surface area contributed by atoms with Crippen LogP contribution in [0.5, 0.6) is 0 Å². The number of anilines is 1. The first-order valence-electron chi connectivity index (χ1n) is 7.44. The highest BCUT2D eigenvalue weighted by molar-refractivity contribution is 5.91. The number of para-hydroxylation sites is 2. The SMILES string of the molecule is COCc1nc2ccccc2n1CC(=O)Nc1ccc(C#N)cc1. The van der Waals surface area contributed by atoms with Crippen molar-refractivity contribution in [2.75, 3.05) is 12.4 Å². The van der Waals surface area contributed by atoms with Gasteiger partial charge in [-0.25, -0.2) is 4.98 Å². The van der Waals surface area contributed by atoms with Gasteiger partial charge in [-0.05, 0) is 36.4 Å². The van der Waals surface area contributed by atoms with Gasteiger partial charge in [0.05, 0.1) is 22.7 Å². The molecule has 1 aromatic heterocycles. The number of nitrogens with zero attached hydrogens (tertiary/aromatic N) is 3. The van der Waals surface area contributed by atoms with Gasteiger partial charge in [-0.3, -0.25) is 4.79 Å². The number of carbonyl (C=O) groups excluding carboxylic acids is 1. The molecule has 0 unspecified atom stereocenters. The summed E-state index contributed by atoms with van der Waals surface area (Å²) in [5, 5.41) is 11.6. The van der Waals surface area contributed by atoms with Crippen molar-refractivity contribution in [3.8, 4) is 6.07 Å². The molecule has 0 aliphatic heterocycles. The summed E-state index contributed by atoms with van der Waals surface area (Å²) in [5.74, 6) is 0.536. The highest BCUT2D eigenvalue weighted by atomic mass is 16.5. The number of nitrogens with one attached hydrogen (secondary N) is 1. The van der Waals surface area contributed by atoms with Crippen molar-refractivity contribution < 1.29 is 9.53 Å². The first-order chi connectivity index (χ1) is 11.7. The van der Waals surface area contributed by atoms with Gasteiger partial charge in [-0.2, -0.15) is 5.26 Å². The lowest BCUT2D eigenvalue weighted by molar-refractivity contribution is -0.116. The Morgan fingerprint density at radius 1 is 1.25 bits per heavy atom. The number of nitriles is 1. The summed E-state index contributed by atoms with van der Waals surface area (Å²) in [5.41, 5.74) is 2.92. The summed E-state index contributed by atoms with van der Waals surface area (Å²) in [4.78, 5) is 16.9. The first-order valence-corrected chi connectivity index (χ1v) is 7.44. The molecule has 120 valence electrons. The van der Waals surface area contributed by atoms with E-state index in [0.717, 1.165) is 11.0 Å². The maximum Gasteiger partial charge on any atom is 0.244 e. The summed E-state index contributed by atoms with van der Waals surface area (Å²) < 4.78 is 7.02. The number of ether oxygens (including phenoxy) is 1. The van der Waals surface area contributed by atoms with Gasteiger partial charge in [0.1, 0.15) is 19.0 Å². The van der Waals surface area contributed by atoms with Gasteiger partial charge in [0.2, 0.25) is 5.91 Å². The topological polar surface area (TPSA) is 79.9 Å². The number of imidazole rings is 1. The first kappa shape index (κ1) is 15.7. The van der Waals surface area contributed by atoms with Gasteiger partial charge < -0.3 is 14.6 Å². The average molecular weight is 320 g/mol. The van der Waals surface area contributed by atoms with Gasteiger partial charge in [0.25, 0.3) is 0 Å². The van der Waals surface area contributed by atoms with Crippen LogP contribution in [0.2, 0.25) is 0 Å². The molecule has 0 saturated carbocycles. The van der Waals surface area contributed by atoms with Crippen LogP contribution < -0.4 is 5.32 Å². The lowest BCUT2D eigenvalue weighted by Gasteiger charge is -2.10. The van der Waals surface area contributed by atoms with Crippen molar-refractivity contribution in [2.24, 2.45) is 0 Å². The van der Waals surface area contributed by atoms with Crippen molar-refractivity contribution in [3.05, 3.63) is 59.9 Å². The number of carbonyl (C=O) groups is 1. The van der Waals surface area contributed by atoms with E-state index >= 15 is 0 Å². The van der Waals surface area contributed by atoms with Crippen molar-refractivity contribution >= 4 is 22.6 Å². The standard InChI is InChI=1S/C18H16N4O2/c1-24-12-17-21-15-4-2-3-5-16(15)22(17)11-18(23)20-14-8-6-13(10-19)7-9-14/h2-9H,11-12H2,1H3,(H,20,23). The Labute approximate surface area is 139 Å². The average Bonchev–Trinajstić information content (AvgIpc) is 2.93. The number of aromatic nitrogens is 2. The molecule has 3 aromatic rings. The maximum atomic E-state index is 12.4. The van der Waals surface area contributed by atoms with Crippen LogP contribution in [0.3, 0.4) is 0 Å². The molecule has 0 spiro atoms. The highest BCUT2D eigenvalue weighted by Crippen LogP contribution is 2.17. The third-order valence-corrected chi connectivity index (χ3v) is 3.61. The van der Waals surface area contributed by atoms with Gasteiger partial charge in [0.15, 0.2) is 0 Å². The van der Waals surface area contributed by atoms with Crippen molar-refractivity contribution in [3.63, 3.8) is 0 Å². The van der Waals surface area contributed by atoms with Crippen LogP contribution in [-0.4, -0.2) is 22.6 Å². The third kappa shape index (κ3) is 3.26. The van der Waals surface area contributed by atoms with Crippen molar-refractivity contribution in [1.29, 1.82) is 5.26 Å². The molecular weight excluding hydrogens is 304 g/mol. The van der Waals surface area contributed by atoms with E-state index in [1.54, 1.807) is 31.4 Å². The number of hydrogen-bond donors (Lipinski definition) is 1. The fourth-order valence-electron chi connectivity index (χ4n) is 2.51. The molecule has 0 saturated heterocycles. The summed E-state index contributed by atoms with van der Waals surface area (Å²) in [6, 6.07) is 16.4. The van der Waals surface area contributed by atoms with E-state index < -0.39 is 0 Å². The quantitative estimate of drug-likeness (QED) is 0.784. The van der Waals surface area contributed by atoms with E-state index in [1.807, 2.05) is 34.9 Å². The Bertz CT molecular complexity index is 907. The van der Waals surface area contributed by atoms with E-state index in [9.17, 15) is 4.79 Å². The molecule has 6 nitrogen and oxygen atoms in total. The molecule has 0 radical (unpaired) electrons. The monoisotopic (exact) mass is 320 g/mol. The Hall–Kier alpha value is -3.17. The molecule has 24 heavy (non-hydrogen) atoms. The van der Waals surface area contributed by atoms with Gasteiger partial charge in [0, 0.05) is 12.8 Å². The summed E-state index contributed by atoms with van der Waals surface area (Å²) in [6.07, 6.45) is 0. The maximum absolute atomic E-state index is 12.4. The smallest absolute Gasteiger partial charge is 0.244 e. The molecule has 6 heteroatoms. The minimum Gasteiger partial charge on any atom is -0.377 e. The van der Waals surface area contributed by atoms with Crippen LogP contribution in [-0.2, 0) is 22.7 Å². The second kappa shape index (κ2) is 6.94. The molecular formula is C18H16N4O2. The van der Waals surface area contributed by atoms with Gasteiger partial charge in [-0.15, -0.1) is 0 Å². The Balaban J connectivity index is 1.81. The van der Waals surface area contributed by atoms with E-state index in [1.165, 1.54) is 0 Å². The molecule has 0 bridgehead atoms. The fraction of sp³-hybridized carbons (Fsp3) is 0.167. The zero-order valence-corrected chi connectivity index (χ0v) is 13.2. The Kier molecular flexibility index (Phi) is 4.54. The van der Waals surface area contributed by atoms with Crippen LogP contribution in [0.4, 0.5) is 5.69 Å². The number of methoxy groups -OCH3 is 1. The lowest BCUT2D eigenvalue weighted by atomic mass is 10.2. The van der Waals surface area contributed by atoms with Crippen LogP contribution in [0.15, 0.2) is 48.5 Å². The minimum absolute atomic E-state index is 0.138. The lowest BCUT2D eigenvalue weighted by Crippen LogP contribution is -2.20. The Morgan fingerprint density at radius 2 is 2.00 bits per heavy atom. The molecule has 0 fully saturated rings. The zero-order chi connectivity index (χ0) is 16.9. The van der Waals surface area contributed by atoms with E-state index in [2.05, 4.69) is 10.3 Å². The van der Waals surface area contributed by atoms with E-state index in [0.29, 0.717) is 23.7 Å². The largest absolute Gasteiger partial charge is 0.377 e. The summed E-state index contributed by atoms with van der Waals surface area (Å²) in [7, 11) is 1.60. The molecule has 1 heterocycles. The molecule has 0 aliphatic rings. The van der Waals surface area contributed by atoms with E-state index in [4.69, 9.17) is 10.00 Å². The minimum atomic E-state index is -0.166. The van der Waals surface area contributed by atoms with Crippen molar-refractivity contribution in [2.45, 2.75) is 13.2 Å². The molecule has 0 aliphatic carbocycles. The second-order valence-corrected chi connectivity index (χ2v) is 5.27. The van der Waals surface area contributed by atoms with Gasteiger partial charge >= 0.3 is 0 Å². The van der Waals surface area contributed by atoms with Crippen LogP contribution in [0.1, 0.15) is 11.4 Å². The van der Waals surface area contributed by atoms with E-state index in [-0.39, 0.29) is 12.5 Å². The van der Waals surface area contributed by atoms with Crippen LogP contribution in [0, 0.1) is 11.3 Å². The second-order valence-electron chi connectivity index (χ2n) is 5.27. The Morgan fingerprint density at radius 3 is 2.71 bits per heavy atom. The predicted molar refractivity (Wildman–Crippen MR) is 90.2 cm³/mol. The number of benzene rings is 2. The number of rotatable bonds is 5. The highest BCUT2D eigenvalue weighted by Gasteiger charge is 2.13. The van der Waals surface area contributed by atoms with Gasteiger partial charge in [-0.1, -0.05) is 12.1 Å². The normalized spacial score (nSPS) is 10.5. The van der Waals surface area contributed by atoms with Crippen LogP contribution in [0.25, 0.3) is 11.0 Å².